The molecule has 0 aromatic heterocycles. The van der Waals surface area contributed by atoms with Crippen LogP contribution in [0.25, 0.3) is 0 Å². The largest absolute Gasteiger partial charge is 0.497 e. The number of Topliss-reactive ketones (excluding diaryl/α,β-unsaturated/α-hetero) is 1. The predicted molar refractivity (Wildman–Crippen MR) is 74.3 cm³/mol. The third kappa shape index (κ3) is 4.43. The summed E-state index contributed by atoms with van der Waals surface area (Å²) in [7, 11) is 1.62. The molecule has 1 rings (SSSR count). The van der Waals surface area contributed by atoms with E-state index in [0.717, 1.165) is 22.6 Å². The van der Waals surface area contributed by atoms with Crippen LogP contribution in [0.3, 0.4) is 0 Å². The number of hydrogen-bond donors (Lipinski definition) is 0. The van der Waals surface area contributed by atoms with Gasteiger partial charge < -0.3 is 4.74 Å². The molecule has 0 aliphatic carbocycles. The molecule has 0 N–H and O–H groups in total. The number of ketones is 1. The maximum absolute atomic E-state index is 12.0. The number of thioether (sulfide) groups is 1. The Labute approximate surface area is 108 Å². The maximum atomic E-state index is 12.0. The van der Waals surface area contributed by atoms with Gasteiger partial charge in [-0.05, 0) is 29.9 Å². The lowest BCUT2D eigenvalue weighted by molar-refractivity contribution is 0.0988. The van der Waals surface area contributed by atoms with Crippen LogP contribution in [0.5, 0.6) is 5.75 Å². The van der Waals surface area contributed by atoms with Gasteiger partial charge in [0.2, 0.25) is 0 Å². The van der Waals surface area contributed by atoms with E-state index in [0.29, 0.717) is 11.7 Å². The number of rotatable bonds is 6. The summed E-state index contributed by atoms with van der Waals surface area (Å²) in [6, 6.07) is 5.65. The van der Waals surface area contributed by atoms with Crippen molar-refractivity contribution in [2.45, 2.75) is 32.4 Å². The molecule has 1 aromatic carbocycles. The zero-order valence-electron chi connectivity index (χ0n) is 10.9. The average Bonchev–Trinajstić information content (AvgIpc) is 2.29. The molecule has 0 atom stereocenters. The van der Waals surface area contributed by atoms with Crippen molar-refractivity contribution in [1.29, 1.82) is 0 Å². The second kappa shape index (κ2) is 6.70. The Morgan fingerprint density at radius 1 is 1.41 bits per heavy atom. The molecule has 2 nitrogen and oxygen atoms in total. The van der Waals surface area contributed by atoms with E-state index in [2.05, 4.69) is 13.8 Å². The number of methoxy groups -OCH3 is 1. The van der Waals surface area contributed by atoms with Crippen LogP contribution >= 0.6 is 11.8 Å². The van der Waals surface area contributed by atoms with Crippen LogP contribution in [0, 0.1) is 6.92 Å². The monoisotopic (exact) mass is 252 g/mol. The minimum Gasteiger partial charge on any atom is -0.497 e. The minimum atomic E-state index is 0.203. The maximum Gasteiger partial charge on any atom is 0.164 e. The van der Waals surface area contributed by atoms with E-state index >= 15 is 0 Å². The highest BCUT2D eigenvalue weighted by Crippen LogP contribution is 2.20. The molecule has 0 amide bonds. The van der Waals surface area contributed by atoms with E-state index in [-0.39, 0.29) is 5.78 Å². The van der Waals surface area contributed by atoms with E-state index in [1.54, 1.807) is 7.11 Å². The lowest BCUT2D eigenvalue weighted by Crippen LogP contribution is -2.04. The van der Waals surface area contributed by atoms with Crippen molar-refractivity contribution >= 4 is 17.5 Å². The molecule has 0 saturated heterocycles. The Kier molecular flexibility index (Phi) is 5.56. The lowest BCUT2D eigenvalue weighted by atomic mass is 10.0. The van der Waals surface area contributed by atoms with E-state index in [4.69, 9.17) is 4.74 Å². The van der Waals surface area contributed by atoms with Crippen LogP contribution in [0.2, 0.25) is 0 Å². The normalized spacial score (nSPS) is 10.6. The first-order chi connectivity index (χ1) is 8.04. The van der Waals surface area contributed by atoms with Crippen molar-refractivity contribution in [2.24, 2.45) is 0 Å². The standard InChI is InChI=1S/C14H20O2S/c1-10(2)17-8-7-14(15)13-9-12(16-4)6-5-11(13)3/h5-6,9-10H,7-8H2,1-4H3. The van der Waals surface area contributed by atoms with Crippen molar-refractivity contribution in [2.75, 3.05) is 12.9 Å². The first-order valence-corrected chi connectivity index (χ1v) is 6.89. The summed E-state index contributed by atoms with van der Waals surface area (Å²) in [6.07, 6.45) is 0.594. The molecule has 0 bridgehead atoms. The van der Waals surface area contributed by atoms with E-state index in [1.807, 2.05) is 36.9 Å². The molecule has 3 heteroatoms. The fraction of sp³-hybridized carbons (Fsp3) is 0.500. The van der Waals surface area contributed by atoms with Gasteiger partial charge >= 0.3 is 0 Å². The van der Waals surface area contributed by atoms with E-state index < -0.39 is 0 Å². The topological polar surface area (TPSA) is 26.3 Å². The number of ether oxygens (including phenoxy) is 1. The summed E-state index contributed by atoms with van der Waals surface area (Å²) in [5.74, 6) is 1.83. The van der Waals surface area contributed by atoms with E-state index in [9.17, 15) is 4.79 Å². The lowest BCUT2D eigenvalue weighted by Gasteiger charge is -2.08. The third-order valence-electron chi connectivity index (χ3n) is 2.53. The Morgan fingerprint density at radius 2 is 2.12 bits per heavy atom. The van der Waals surface area contributed by atoms with Gasteiger partial charge in [-0.3, -0.25) is 4.79 Å². The van der Waals surface area contributed by atoms with Crippen LogP contribution < -0.4 is 4.74 Å². The van der Waals surface area contributed by atoms with Gasteiger partial charge in [0, 0.05) is 17.7 Å². The molecular weight excluding hydrogens is 232 g/mol. The predicted octanol–water partition coefficient (Wildman–Crippen LogP) is 3.72. The first kappa shape index (κ1) is 14.1. The third-order valence-corrected chi connectivity index (χ3v) is 3.63. The molecule has 0 saturated carbocycles. The second-order valence-corrected chi connectivity index (χ2v) is 5.96. The number of hydrogen-bond acceptors (Lipinski definition) is 3. The van der Waals surface area contributed by atoms with E-state index in [1.165, 1.54) is 0 Å². The van der Waals surface area contributed by atoms with Crippen LogP contribution in [-0.2, 0) is 0 Å². The van der Waals surface area contributed by atoms with Crippen molar-refractivity contribution < 1.29 is 9.53 Å². The molecule has 0 aliphatic rings. The molecule has 0 aliphatic heterocycles. The quantitative estimate of drug-likeness (QED) is 0.722. The summed E-state index contributed by atoms with van der Waals surface area (Å²) < 4.78 is 5.15. The van der Waals surface area contributed by atoms with Gasteiger partial charge in [-0.2, -0.15) is 11.8 Å². The zero-order chi connectivity index (χ0) is 12.8. The molecule has 17 heavy (non-hydrogen) atoms. The highest BCUT2D eigenvalue weighted by atomic mass is 32.2. The van der Waals surface area contributed by atoms with Crippen LogP contribution in [0.15, 0.2) is 18.2 Å². The van der Waals surface area contributed by atoms with Gasteiger partial charge in [0.05, 0.1) is 7.11 Å². The van der Waals surface area contributed by atoms with Crippen molar-refractivity contribution in [3.63, 3.8) is 0 Å². The van der Waals surface area contributed by atoms with Crippen molar-refractivity contribution in [3.8, 4) is 5.75 Å². The molecule has 0 unspecified atom stereocenters. The van der Waals surface area contributed by atoms with Gasteiger partial charge in [-0.25, -0.2) is 0 Å². The second-order valence-electron chi connectivity index (χ2n) is 4.27. The molecule has 0 heterocycles. The van der Waals surface area contributed by atoms with Crippen LogP contribution in [0.1, 0.15) is 36.2 Å². The van der Waals surface area contributed by atoms with Gasteiger partial charge in [-0.15, -0.1) is 0 Å². The number of carbonyl (C=O) groups is 1. The Morgan fingerprint density at radius 3 is 2.71 bits per heavy atom. The smallest absolute Gasteiger partial charge is 0.164 e. The van der Waals surface area contributed by atoms with Crippen LogP contribution in [0.4, 0.5) is 0 Å². The summed E-state index contributed by atoms with van der Waals surface area (Å²) in [6.45, 7) is 6.25. The Balaban J connectivity index is 2.67. The average molecular weight is 252 g/mol. The fourth-order valence-corrected chi connectivity index (χ4v) is 2.33. The van der Waals surface area contributed by atoms with Gasteiger partial charge in [0.15, 0.2) is 5.78 Å². The van der Waals surface area contributed by atoms with Crippen molar-refractivity contribution in [1.82, 2.24) is 0 Å². The summed E-state index contributed by atoms with van der Waals surface area (Å²) in [4.78, 5) is 12.0. The van der Waals surface area contributed by atoms with Crippen molar-refractivity contribution in [3.05, 3.63) is 29.3 Å². The zero-order valence-corrected chi connectivity index (χ0v) is 11.8. The Hall–Kier alpha value is -0.960. The molecule has 0 fully saturated rings. The summed E-state index contributed by atoms with van der Waals surface area (Å²) in [5, 5.41) is 0.578. The molecule has 0 radical (unpaired) electrons. The fourth-order valence-electron chi connectivity index (χ4n) is 1.55. The van der Waals surface area contributed by atoms with Gasteiger partial charge in [-0.1, -0.05) is 19.9 Å². The highest BCUT2D eigenvalue weighted by Gasteiger charge is 2.10. The number of aryl methyl sites for hydroxylation is 1. The number of carbonyl (C=O) groups excluding carboxylic acids is 1. The minimum absolute atomic E-state index is 0.203. The van der Waals surface area contributed by atoms with Gasteiger partial charge in [0.1, 0.15) is 5.75 Å². The molecular formula is C14H20O2S. The molecule has 0 spiro atoms. The molecule has 94 valence electrons. The highest BCUT2D eigenvalue weighted by molar-refractivity contribution is 7.99. The first-order valence-electron chi connectivity index (χ1n) is 5.84. The van der Waals surface area contributed by atoms with Crippen LogP contribution in [-0.4, -0.2) is 23.9 Å². The van der Waals surface area contributed by atoms with Gasteiger partial charge in [0.25, 0.3) is 0 Å². The summed E-state index contributed by atoms with van der Waals surface area (Å²) in [5.41, 5.74) is 1.80. The molecule has 1 aromatic rings. The number of benzene rings is 1. The summed E-state index contributed by atoms with van der Waals surface area (Å²) >= 11 is 1.82. The Bertz CT molecular complexity index is 386. The SMILES string of the molecule is COc1ccc(C)c(C(=O)CCSC(C)C)c1.